The van der Waals surface area contributed by atoms with Gasteiger partial charge in [0.05, 0.1) is 24.1 Å². The molecule has 3 rings (SSSR count). The molecule has 27 heavy (non-hydrogen) atoms. The first-order valence-corrected chi connectivity index (χ1v) is 9.78. The van der Waals surface area contributed by atoms with E-state index < -0.39 is 0 Å². The average Bonchev–Trinajstić information content (AvgIpc) is 2.99. The lowest BCUT2D eigenvalue weighted by Gasteiger charge is -2.37. The Balaban J connectivity index is 1.63. The van der Waals surface area contributed by atoms with Gasteiger partial charge in [0.25, 0.3) is 0 Å². The summed E-state index contributed by atoms with van der Waals surface area (Å²) in [6.45, 7) is 5.48. The molecule has 1 N–H and O–H groups in total. The van der Waals surface area contributed by atoms with Crippen molar-refractivity contribution in [3.8, 4) is 0 Å². The van der Waals surface area contributed by atoms with E-state index in [0.29, 0.717) is 12.6 Å². The second kappa shape index (κ2) is 9.15. The predicted octanol–water partition coefficient (Wildman–Crippen LogP) is 2.31. The number of hydrogen-bond donors (Lipinski definition) is 1. The van der Waals surface area contributed by atoms with Crippen molar-refractivity contribution in [1.29, 1.82) is 0 Å². The summed E-state index contributed by atoms with van der Waals surface area (Å²) in [5.41, 5.74) is 3.09. The maximum Gasteiger partial charge on any atom is 0.238 e. The number of benzene rings is 1. The molecule has 1 amide bonds. The molecule has 0 radical (unpaired) electrons. The summed E-state index contributed by atoms with van der Waals surface area (Å²) in [5.74, 6) is 0.0399. The van der Waals surface area contributed by atoms with Crippen LogP contribution < -0.4 is 5.32 Å². The van der Waals surface area contributed by atoms with Gasteiger partial charge in [-0.1, -0.05) is 30.3 Å². The fourth-order valence-electron chi connectivity index (χ4n) is 3.66. The highest BCUT2D eigenvalue weighted by Crippen LogP contribution is 2.17. The third kappa shape index (κ3) is 5.40. The maximum atomic E-state index is 12.7. The summed E-state index contributed by atoms with van der Waals surface area (Å²) >= 11 is 0. The van der Waals surface area contributed by atoms with Crippen LogP contribution in [-0.4, -0.2) is 64.8 Å². The van der Waals surface area contributed by atoms with E-state index in [2.05, 4.69) is 51.5 Å². The van der Waals surface area contributed by atoms with Crippen LogP contribution in [0.1, 0.15) is 24.1 Å². The molecule has 0 bridgehead atoms. The highest BCUT2D eigenvalue weighted by molar-refractivity contribution is 5.92. The van der Waals surface area contributed by atoms with Crippen LogP contribution in [0.4, 0.5) is 5.69 Å². The summed E-state index contributed by atoms with van der Waals surface area (Å²) in [6.07, 6.45) is 4.92. The standard InChI is InChI=1S/C21H31N5O/c1-17-20(15-22-25(17)3)23-21(27)16-26(19-10-12-24(2)13-11-19)14-9-18-7-5-4-6-8-18/h4-8,15,19H,9-14,16H2,1-3H3,(H,23,27). The molecule has 1 aromatic carbocycles. The zero-order chi connectivity index (χ0) is 19.2. The lowest BCUT2D eigenvalue weighted by Crippen LogP contribution is -2.47. The molecule has 1 saturated heterocycles. The smallest absolute Gasteiger partial charge is 0.238 e. The largest absolute Gasteiger partial charge is 0.322 e. The number of nitrogens with one attached hydrogen (secondary N) is 1. The van der Waals surface area contributed by atoms with Gasteiger partial charge in [0.15, 0.2) is 0 Å². The summed E-state index contributed by atoms with van der Waals surface area (Å²) in [6, 6.07) is 11.0. The van der Waals surface area contributed by atoms with Crippen molar-refractivity contribution >= 4 is 11.6 Å². The zero-order valence-corrected chi connectivity index (χ0v) is 16.7. The number of aryl methyl sites for hydroxylation is 1. The average molecular weight is 370 g/mol. The highest BCUT2D eigenvalue weighted by atomic mass is 16.2. The predicted molar refractivity (Wildman–Crippen MR) is 109 cm³/mol. The minimum atomic E-state index is 0.0399. The van der Waals surface area contributed by atoms with Gasteiger partial charge in [-0.25, -0.2) is 0 Å². The monoisotopic (exact) mass is 369 g/mol. The first-order valence-electron chi connectivity index (χ1n) is 9.78. The van der Waals surface area contributed by atoms with Crippen molar-refractivity contribution in [3.63, 3.8) is 0 Å². The van der Waals surface area contributed by atoms with Crippen molar-refractivity contribution in [2.45, 2.75) is 32.2 Å². The van der Waals surface area contributed by atoms with Gasteiger partial charge < -0.3 is 10.2 Å². The van der Waals surface area contributed by atoms with Crippen molar-refractivity contribution in [1.82, 2.24) is 19.6 Å². The Morgan fingerprint density at radius 1 is 1.22 bits per heavy atom. The van der Waals surface area contributed by atoms with Crippen LogP contribution in [0.3, 0.4) is 0 Å². The van der Waals surface area contributed by atoms with Crippen LogP contribution in [0.15, 0.2) is 36.5 Å². The number of carbonyl (C=O) groups excluding carboxylic acids is 1. The second-order valence-corrected chi connectivity index (χ2v) is 7.56. The van der Waals surface area contributed by atoms with Crippen molar-refractivity contribution in [2.75, 3.05) is 38.5 Å². The normalized spacial score (nSPS) is 16.0. The Morgan fingerprint density at radius 3 is 2.56 bits per heavy atom. The Morgan fingerprint density at radius 2 is 1.93 bits per heavy atom. The molecule has 146 valence electrons. The Labute approximate surface area is 162 Å². The van der Waals surface area contributed by atoms with Gasteiger partial charge in [-0.3, -0.25) is 14.4 Å². The van der Waals surface area contributed by atoms with Crippen LogP contribution >= 0.6 is 0 Å². The number of nitrogens with zero attached hydrogens (tertiary/aromatic N) is 4. The lowest BCUT2D eigenvalue weighted by atomic mass is 10.0. The summed E-state index contributed by atoms with van der Waals surface area (Å²) in [5, 5.41) is 7.24. The van der Waals surface area contributed by atoms with Gasteiger partial charge in [0.1, 0.15) is 0 Å². The number of amides is 1. The van der Waals surface area contributed by atoms with E-state index in [1.165, 1.54) is 5.56 Å². The van der Waals surface area contributed by atoms with Crippen LogP contribution in [0.25, 0.3) is 0 Å². The second-order valence-electron chi connectivity index (χ2n) is 7.56. The number of likely N-dealkylation sites (tertiary alicyclic amines) is 1. The summed E-state index contributed by atoms with van der Waals surface area (Å²) < 4.78 is 1.78. The Kier molecular flexibility index (Phi) is 6.63. The van der Waals surface area contributed by atoms with E-state index in [0.717, 1.165) is 50.3 Å². The van der Waals surface area contributed by atoms with Gasteiger partial charge in [0.2, 0.25) is 5.91 Å². The van der Waals surface area contributed by atoms with E-state index in [1.54, 1.807) is 10.9 Å². The highest BCUT2D eigenvalue weighted by Gasteiger charge is 2.25. The number of piperidine rings is 1. The molecule has 0 spiro atoms. The third-order valence-corrected chi connectivity index (χ3v) is 5.59. The van der Waals surface area contributed by atoms with Gasteiger partial charge >= 0.3 is 0 Å². The van der Waals surface area contributed by atoms with Gasteiger partial charge in [-0.05, 0) is 51.9 Å². The Bertz CT molecular complexity index is 734. The third-order valence-electron chi connectivity index (χ3n) is 5.59. The Hall–Kier alpha value is -2.18. The molecule has 2 heterocycles. The number of hydrogen-bond acceptors (Lipinski definition) is 4. The molecule has 0 saturated carbocycles. The van der Waals surface area contributed by atoms with Gasteiger partial charge in [-0.2, -0.15) is 5.10 Å². The van der Waals surface area contributed by atoms with Gasteiger partial charge in [0, 0.05) is 19.6 Å². The maximum absolute atomic E-state index is 12.7. The molecular formula is C21H31N5O. The first-order chi connectivity index (χ1) is 13.0. The minimum Gasteiger partial charge on any atom is -0.322 e. The van der Waals surface area contributed by atoms with Crippen LogP contribution in [-0.2, 0) is 18.3 Å². The van der Waals surface area contributed by atoms with Crippen molar-refractivity contribution in [3.05, 3.63) is 47.8 Å². The molecule has 2 aromatic rings. The van der Waals surface area contributed by atoms with Crippen LogP contribution in [0.5, 0.6) is 0 Å². The fraction of sp³-hybridized carbons (Fsp3) is 0.524. The van der Waals surface area contributed by atoms with E-state index in [1.807, 2.05) is 20.0 Å². The zero-order valence-electron chi connectivity index (χ0n) is 16.7. The molecule has 6 heteroatoms. The summed E-state index contributed by atoms with van der Waals surface area (Å²) in [7, 11) is 4.05. The van der Waals surface area contributed by atoms with E-state index in [-0.39, 0.29) is 5.91 Å². The van der Waals surface area contributed by atoms with E-state index in [9.17, 15) is 4.79 Å². The van der Waals surface area contributed by atoms with Crippen LogP contribution in [0, 0.1) is 6.92 Å². The van der Waals surface area contributed by atoms with E-state index in [4.69, 9.17) is 0 Å². The van der Waals surface area contributed by atoms with Gasteiger partial charge in [-0.15, -0.1) is 0 Å². The number of rotatable bonds is 7. The quantitative estimate of drug-likeness (QED) is 0.814. The molecule has 0 atom stereocenters. The van der Waals surface area contributed by atoms with Crippen LogP contribution in [0.2, 0.25) is 0 Å². The number of aromatic nitrogens is 2. The molecule has 1 aliphatic heterocycles. The SMILES string of the molecule is Cc1c(NC(=O)CN(CCc2ccccc2)C2CCN(C)CC2)cnn1C. The topological polar surface area (TPSA) is 53.4 Å². The fourth-order valence-corrected chi connectivity index (χ4v) is 3.66. The number of anilines is 1. The summed E-state index contributed by atoms with van der Waals surface area (Å²) in [4.78, 5) is 17.4. The molecular weight excluding hydrogens is 338 g/mol. The van der Waals surface area contributed by atoms with E-state index >= 15 is 0 Å². The lowest BCUT2D eigenvalue weighted by molar-refractivity contribution is -0.118. The van der Waals surface area contributed by atoms with Crippen molar-refractivity contribution in [2.24, 2.45) is 7.05 Å². The number of carbonyl (C=O) groups is 1. The molecule has 1 aliphatic rings. The first kappa shape index (κ1) is 19.6. The molecule has 6 nitrogen and oxygen atoms in total. The molecule has 0 aliphatic carbocycles. The molecule has 1 aromatic heterocycles. The molecule has 1 fully saturated rings. The molecule has 0 unspecified atom stereocenters. The van der Waals surface area contributed by atoms with Crippen molar-refractivity contribution < 1.29 is 4.79 Å². The minimum absolute atomic E-state index is 0.0399.